The van der Waals surface area contributed by atoms with Gasteiger partial charge < -0.3 is 4.74 Å². The van der Waals surface area contributed by atoms with Crippen molar-refractivity contribution in [2.45, 2.75) is 77.6 Å². The molecule has 1 aromatic rings. The standard InChI is InChI=1S/C25H34ClFO2/c1-2-16-6-8-17(9-7-16)18-10-12-21-19(14-18)4-3-5-22(21)25(28)29-20-11-13-23(26)24(27)15-20/h11,13,15-19,21-22H,2-10,12,14H2,1H3. The third-order valence-electron chi connectivity index (χ3n) is 8.24. The maximum absolute atomic E-state index is 13.7. The van der Waals surface area contributed by atoms with Crippen LogP contribution in [0.15, 0.2) is 18.2 Å². The Bertz CT molecular complexity index is 713. The van der Waals surface area contributed by atoms with Crippen molar-refractivity contribution >= 4 is 17.6 Å². The van der Waals surface area contributed by atoms with E-state index in [9.17, 15) is 9.18 Å². The second-order valence-electron chi connectivity index (χ2n) is 9.72. The van der Waals surface area contributed by atoms with Crippen LogP contribution in [0.3, 0.4) is 0 Å². The van der Waals surface area contributed by atoms with Gasteiger partial charge in [0.25, 0.3) is 0 Å². The van der Waals surface area contributed by atoms with Crippen molar-refractivity contribution in [3.8, 4) is 5.75 Å². The van der Waals surface area contributed by atoms with E-state index in [2.05, 4.69) is 6.92 Å². The quantitative estimate of drug-likeness (QED) is 0.373. The van der Waals surface area contributed by atoms with Crippen molar-refractivity contribution in [2.24, 2.45) is 35.5 Å². The second-order valence-corrected chi connectivity index (χ2v) is 10.1. The van der Waals surface area contributed by atoms with Crippen molar-refractivity contribution in [3.63, 3.8) is 0 Å². The minimum atomic E-state index is -0.545. The summed E-state index contributed by atoms with van der Waals surface area (Å²) in [7, 11) is 0. The van der Waals surface area contributed by atoms with Crippen molar-refractivity contribution in [1.29, 1.82) is 0 Å². The molecule has 1 aromatic carbocycles. The molecule has 0 heterocycles. The van der Waals surface area contributed by atoms with Crippen LogP contribution >= 0.6 is 11.6 Å². The lowest BCUT2D eigenvalue weighted by molar-refractivity contribution is -0.144. The molecule has 3 saturated carbocycles. The number of carbonyl (C=O) groups excluding carboxylic acids is 1. The second kappa shape index (κ2) is 9.37. The molecule has 4 unspecified atom stereocenters. The van der Waals surface area contributed by atoms with Gasteiger partial charge in [-0.1, -0.05) is 50.6 Å². The highest BCUT2D eigenvalue weighted by Crippen LogP contribution is 2.50. The summed E-state index contributed by atoms with van der Waals surface area (Å²) >= 11 is 5.74. The van der Waals surface area contributed by atoms with Crippen molar-refractivity contribution in [1.82, 2.24) is 0 Å². The fraction of sp³-hybridized carbons (Fsp3) is 0.720. The van der Waals surface area contributed by atoms with Gasteiger partial charge in [0.15, 0.2) is 0 Å². The van der Waals surface area contributed by atoms with Crippen LogP contribution in [0.4, 0.5) is 4.39 Å². The van der Waals surface area contributed by atoms with Gasteiger partial charge in [-0.25, -0.2) is 4.39 Å². The van der Waals surface area contributed by atoms with Gasteiger partial charge in [-0.05, 0) is 80.2 Å². The molecule has 0 aliphatic heterocycles. The third-order valence-corrected chi connectivity index (χ3v) is 8.54. The van der Waals surface area contributed by atoms with Gasteiger partial charge in [-0.3, -0.25) is 4.79 Å². The molecule has 4 atom stereocenters. The van der Waals surface area contributed by atoms with Gasteiger partial charge in [0, 0.05) is 6.07 Å². The molecular weight excluding hydrogens is 387 g/mol. The molecule has 0 amide bonds. The topological polar surface area (TPSA) is 26.3 Å². The summed E-state index contributed by atoms with van der Waals surface area (Å²) in [6.07, 6.45) is 14.0. The number of ether oxygens (including phenoxy) is 1. The van der Waals surface area contributed by atoms with Crippen LogP contribution in [0, 0.1) is 41.3 Å². The van der Waals surface area contributed by atoms with Crippen molar-refractivity contribution in [2.75, 3.05) is 0 Å². The molecule has 0 aromatic heterocycles. The highest BCUT2D eigenvalue weighted by atomic mass is 35.5. The van der Waals surface area contributed by atoms with E-state index in [1.165, 1.54) is 63.5 Å². The zero-order chi connectivity index (χ0) is 20.4. The monoisotopic (exact) mass is 420 g/mol. The summed E-state index contributed by atoms with van der Waals surface area (Å²) in [5.74, 6) is 3.32. The maximum Gasteiger partial charge on any atom is 0.314 e. The number of hydrogen-bond donors (Lipinski definition) is 0. The van der Waals surface area contributed by atoms with Crippen LogP contribution in [-0.4, -0.2) is 5.97 Å². The summed E-state index contributed by atoms with van der Waals surface area (Å²) in [6.45, 7) is 2.33. The first-order valence-corrected chi connectivity index (χ1v) is 12.1. The van der Waals surface area contributed by atoms with E-state index in [1.807, 2.05) is 0 Å². The minimum absolute atomic E-state index is 0.0377. The van der Waals surface area contributed by atoms with E-state index in [4.69, 9.17) is 16.3 Å². The maximum atomic E-state index is 13.7. The number of fused-ring (bicyclic) bond motifs is 1. The summed E-state index contributed by atoms with van der Waals surface area (Å²) < 4.78 is 19.3. The Balaban J connectivity index is 1.35. The van der Waals surface area contributed by atoms with Crippen LogP contribution in [0.5, 0.6) is 5.75 Å². The highest BCUT2D eigenvalue weighted by molar-refractivity contribution is 6.30. The molecule has 3 fully saturated rings. The van der Waals surface area contributed by atoms with Crippen LogP contribution in [0.2, 0.25) is 5.02 Å². The first kappa shape index (κ1) is 21.2. The Labute approximate surface area is 179 Å². The molecule has 0 N–H and O–H groups in total. The summed E-state index contributed by atoms with van der Waals surface area (Å²) in [6, 6.07) is 4.24. The lowest BCUT2D eigenvalue weighted by Crippen LogP contribution is -2.40. The Hall–Kier alpha value is -1.09. The normalized spacial score (nSPS) is 35.0. The van der Waals surface area contributed by atoms with Gasteiger partial charge >= 0.3 is 5.97 Å². The lowest BCUT2D eigenvalue weighted by Gasteiger charge is -2.46. The summed E-state index contributed by atoms with van der Waals surface area (Å²) in [5.41, 5.74) is 0. The van der Waals surface area contributed by atoms with E-state index in [0.717, 1.165) is 37.0 Å². The Morgan fingerprint density at radius 3 is 2.52 bits per heavy atom. The molecule has 0 saturated heterocycles. The molecule has 0 radical (unpaired) electrons. The van der Waals surface area contributed by atoms with Gasteiger partial charge in [-0.15, -0.1) is 0 Å². The molecule has 3 aliphatic rings. The van der Waals surface area contributed by atoms with Crippen LogP contribution < -0.4 is 4.74 Å². The Morgan fingerprint density at radius 2 is 1.79 bits per heavy atom. The summed E-state index contributed by atoms with van der Waals surface area (Å²) in [5, 5.41) is 0.0498. The SMILES string of the molecule is CCC1CCC(C2CCC3C(CCCC3C(=O)Oc3ccc(Cl)c(F)c3)C2)CC1. The van der Waals surface area contributed by atoms with E-state index >= 15 is 0 Å². The molecule has 160 valence electrons. The average molecular weight is 421 g/mol. The van der Waals surface area contributed by atoms with Crippen molar-refractivity contribution in [3.05, 3.63) is 29.0 Å². The fourth-order valence-electron chi connectivity index (χ4n) is 6.52. The van der Waals surface area contributed by atoms with Crippen LogP contribution in [-0.2, 0) is 4.79 Å². The fourth-order valence-corrected chi connectivity index (χ4v) is 6.64. The predicted octanol–water partition coefficient (Wildman–Crippen LogP) is 7.43. The predicted molar refractivity (Wildman–Crippen MR) is 114 cm³/mol. The first-order chi connectivity index (χ1) is 14.0. The van der Waals surface area contributed by atoms with Gasteiger partial charge in [-0.2, -0.15) is 0 Å². The van der Waals surface area contributed by atoms with Crippen LogP contribution in [0.25, 0.3) is 0 Å². The number of esters is 1. The smallest absolute Gasteiger partial charge is 0.314 e. The Morgan fingerprint density at radius 1 is 1.03 bits per heavy atom. The highest BCUT2D eigenvalue weighted by Gasteiger charge is 2.43. The average Bonchev–Trinajstić information content (AvgIpc) is 2.75. The van der Waals surface area contributed by atoms with E-state index < -0.39 is 5.82 Å². The van der Waals surface area contributed by atoms with E-state index in [0.29, 0.717) is 11.8 Å². The molecular formula is C25H34ClFO2. The summed E-state index contributed by atoms with van der Waals surface area (Å²) in [4.78, 5) is 12.9. The largest absolute Gasteiger partial charge is 0.426 e. The third kappa shape index (κ3) is 4.81. The molecule has 29 heavy (non-hydrogen) atoms. The van der Waals surface area contributed by atoms with E-state index in [1.54, 1.807) is 6.07 Å². The van der Waals surface area contributed by atoms with E-state index in [-0.39, 0.29) is 22.7 Å². The molecule has 0 spiro atoms. The number of benzene rings is 1. The van der Waals surface area contributed by atoms with Gasteiger partial charge in [0.2, 0.25) is 0 Å². The minimum Gasteiger partial charge on any atom is -0.426 e. The molecule has 2 nitrogen and oxygen atoms in total. The number of carbonyl (C=O) groups is 1. The Kier molecular flexibility index (Phi) is 6.83. The molecule has 0 bridgehead atoms. The number of hydrogen-bond acceptors (Lipinski definition) is 2. The number of halogens is 2. The zero-order valence-electron chi connectivity index (χ0n) is 17.5. The zero-order valence-corrected chi connectivity index (χ0v) is 18.3. The lowest BCUT2D eigenvalue weighted by atomic mass is 9.59. The van der Waals surface area contributed by atoms with Crippen molar-refractivity contribution < 1.29 is 13.9 Å². The molecule has 3 aliphatic carbocycles. The molecule has 4 heteroatoms. The number of rotatable bonds is 4. The molecule has 4 rings (SSSR count). The van der Waals surface area contributed by atoms with Crippen LogP contribution in [0.1, 0.15) is 77.6 Å². The van der Waals surface area contributed by atoms with Gasteiger partial charge in [0.1, 0.15) is 11.6 Å². The first-order valence-electron chi connectivity index (χ1n) is 11.7. The van der Waals surface area contributed by atoms with Gasteiger partial charge in [0.05, 0.1) is 10.9 Å².